The molecular weight excluding hydrogens is 159 g/mol. The van der Waals surface area contributed by atoms with Gasteiger partial charge in [0.15, 0.2) is 0 Å². The van der Waals surface area contributed by atoms with Gasteiger partial charge in [-0.2, -0.15) is 0 Å². The molecule has 0 saturated heterocycles. The van der Waals surface area contributed by atoms with Crippen molar-refractivity contribution in [3.63, 3.8) is 0 Å². The molecule has 0 bridgehead atoms. The molecule has 0 saturated carbocycles. The van der Waals surface area contributed by atoms with Gasteiger partial charge in [0.25, 0.3) is 0 Å². The average Bonchev–Trinajstić information content (AvgIpc) is 1.99. The molecular formula is C6H11NaO4. The summed E-state index contributed by atoms with van der Waals surface area (Å²) in [4.78, 5) is 10.3. The van der Waals surface area contributed by atoms with Crippen molar-refractivity contribution in [2.45, 2.75) is 6.10 Å². The Labute approximate surface area is 87.2 Å². The number of aliphatic hydroxyl groups is 2. The number of carbonyl (C=O) groups is 1. The summed E-state index contributed by atoms with van der Waals surface area (Å²) in [5, 5.41) is 16.9. The molecule has 1 unspecified atom stereocenters. The van der Waals surface area contributed by atoms with Crippen LogP contribution in [0.25, 0.3) is 0 Å². The summed E-state index contributed by atoms with van der Waals surface area (Å²) < 4.78 is 4.38. The van der Waals surface area contributed by atoms with Crippen molar-refractivity contribution in [1.29, 1.82) is 0 Å². The van der Waals surface area contributed by atoms with Crippen LogP contribution >= 0.6 is 0 Å². The van der Waals surface area contributed by atoms with Gasteiger partial charge in [0.05, 0.1) is 6.61 Å². The summed E-state index contributed by atoms with van der Waals surface area (Å²) in [5.74, 6) is -0.604. The molecule has 0 radical (unpaired) electrons. The Morgan fingerprint density at radius 3 is 2.64 bits per heavy atom. The first kappa shape index (κ1) is 13.7. The van der Waals surface area contributed by atoms with Crippen molar-refractivity contribution >= 4 is 35.5 Å². The van der Waals surface area contributed by atoms with E-state index >= 15 is 0 Å². The number of aliphatic hydroxyl groups excluding tert-OH is 2. The molecule has 0 heterocycles. The second-order valence-corrected chi connectivity index (χ2v) is 1.67. The van der Waals surface area contributed by atoms with Crippen molar-refractivity contribution < 1.29 is 19.7 Å². The predicted octanol–water partition coefficient (Wildman–Crippen LogP) is -1.58. The van der Waals surface area contributed by atoms with Gasteiger partial charge in [0.2, 0.25) is 0 Å². The van der Waals surface area contributed by atoms with Crippen LogP contribution in [-0.4, -0.2) is 65.1 Å². The van der Waals surface area contributed by atoms with Gasteiger partial charge < -0.3 is 14.9 Å². The van der Waals surface area contributed by atoms with Crippen LogP contribution in [-0.2, 0) is 9.53 Å². The van der Waals surface area contributed by atoms with E-state index in [0.717, 1.165) is 6.08 Å². The third-order valence-corrected chi connectivity index (χ3v) is 0.795. The maximum absolute atomic E-state index is 10.3. The van der Waals surface area contributed by atoms with Gasteiger partial charge in [-0.25, -0.2) is 4.79 Å². The van der Waals surface area contributed by atoms with Crippen LogP contribution in [0.5, 0.6) is 0 Å². The Bertz CT molecular complexity index is 126. The first-order chi connectivity index (χ1) is 4.70. The number of esters is 1. The number of ether oxygens (including phenoxy) is 1. The first-order valence-electron chi connectivity index (χ1n) is 2.78. The quantitative estimate of drug-likeness (QED) is 0.303. The summed E-state index contributed by atoms with van der Waals surface area (Å²) in [6.07, 6.45) is -0.00622. The molecule has 0 spiro atoms. The Hall–Kier alpha value is 0.130. The van der Waals surface area contributed by atoms with Gasteiger partial charge in [-0.3, -0.25) is 0 Å². The second kappa shape index (κ2) is 8.23. The van der Waals surface area contributed by atoms with E-state index in [-0.39, 0.29) is 36.2 Å². The van der Waals surface area contributed by atoms with Crippen molar-refractivity contribution in [2.75, 3.05) is 13.2 Å². The van der Waals surface area contributed by atoms with Crippen LogP contribution < -0.4 is 0 Å². The monoisotopic (exact) mass is 170 g/mol. The molecule has 5 heteroatoms. The number of rotatable bonds is 4. The average molecular weight is 170 g/mol. The molecule has 11 heavy (non-hydrogen) atoms. The Morgan fingerprint density at radius 2 is 2.27 bits per heavy atom. The molecule has 0 rings (SSSR count). The fourth-order valence-electron chi connectivity index (χ4n) is 0.290. The Kier molecular flexibility index (Phi) is 10.2. The van der Waals surface area contributed by atoms with Crippen molar-refractivity contribution in [3.05, 3.63) is 12.7 Å². The Balaban J connectivity index is 0. The summed E-state index contributed by atoms with van der Waals surface area (Å²) in [7, 11) is 0. The zero-order chi connectivity index (χ0) is 7.98. The first-order valence-corrected chi connectivity index (χ1v) is 2.78. The molecule has 0 aromatic carbocycles. The zero-order valence-electron chi connectivity index (χ0n) is 5.49. The standard InChI is InChI=1S/C6H10O4.Na.H/c1-2-6(9)10-4-5(8)3-7;;/h2,5,7-8H,1,3-4H2;;. The van der Waals surface area contributed by atoms with Gasteiger partial charge in [-0.15, -0.1) is 0 Å². The van der Waals surface area contributed by atoms with E-state index in [1.165, 1.54) is 0 Å². The summed E-state index contributed by atoms with van der Waals surface area (Å²) in [5.41, 5.74) is 0. The van der Waals surface area contributed by atoms with Crippen LogP contribution in [0.2, 0.25) is 0 Å². The third-order valence-electron chi connectivity index (χ3n) is 0.795. The molecule has 2 N–H and O–H groups in total. The van der Waals surface area contributed by atoms with Crippen LogP contribution in [0, 0.1) is 0 Å². The van der Waals surface area contributed by atoms with Crippen molar-refractivity contribution in [3.8, 4) is 0 Å². The predicted molar refractivity (Wildman–Crippen MR) is 41.4 cm³/mol. The van der Waals surface area contributed by atoms with E-state index in [9.17, 15) is 4.79 Å². The normalized spacial score (nSPS) is 11.1. The molecule has 0 fully saturated rings. The molecule has 0 aliphatic carbocycles. The van der Waals surface area contributed by atoms with Gasteiger partial charge in [0.1, 0.15) is 12.7 Å². The van der Waals surface area contributed by atoms with Gasteiger partial charge in [-0.1, -0.05) is 6.58 Å². The molecule has 1 atom stereocenters. The van der Waals surface area contributed by atoms with Gasteiger partial charge in [-0.05, 0) is 0 Å². The molecule has 0 aromatic heterocycles. The van der Waals surface area contributed by atoms with Gasteiger partial charge in [0, 0.05) is 6.08 Å². The summed E-state index contributed by atoms with van der Waals surface area (Å²) >= 11 is 0. The topological polar surface area (TPSA) is 66.8 Å². The van der Waals surface area contributed by atoms with Crippen LogP contribution in [0.4, 0.5) is 0 Å². The minimum absolute atomic E-state index is 0. The van der Waals surface area contributed by atoms with E-state index in [4.69, 9.17) is 10.2 Å². The second-order valence-electron chi connectivity index (χ2n) is 1.67. The molecule has 0 aromatic rings. The minimum atomic E-state index is -0.996. The van der Waals surface area contributed by atoms with E-state index in [0.29, 0.717) is 0 Å². The van der Waals surface area contributed by atoms with Crippen LogP contribution in [0.1, 0.15) is 0 Å². The van der Waals surface area contributed by atoms with Crippen molar-refractivity contribution in [1.82, 2.24) is 0 Å². The molecule has 4 nitrogen and oxygen atoms in total. The summed E-state index contributed by atoms with van der Waals surface area (Å²) in [6, 6.07) is 0. The van der Waals surface area contributed by atoms with E-state index < -0.39 is 18.7 Å². The maximum atomic E-state index is 10.3. The van der Waals surface area contributed by atoms with Crippen LogP contribution in [0.15, 0.2) is 12.7 Å². The molecule has 60 valence electrons. The van der Waals surface area contributed by atoms with E-state index in [1.54, 1.807) is 0 Å². The third kappa shape index (κ3) is 8.03. The zero-order valence-corrected chi connectivity index (χ0v) is 5.49. The number of carbonyl (C=O) groups excluding carboxylic acids is 1. The van der Waals surface area contributed by atoms with Crippen molar-refractivity contribution in [2.24, 2.45) is 0 Å². The SMILES string of the molecule is C=CC(=O)OCC(O)CO.[NaH]. The Morgan fingerprint density at radius 1 is 1.73 bits per heavy atom. The molecule has 0 aliphatic rings. The number of hydrogen-bond donors (Lipinski definition) is 2. The van der Waals surface area contributed by atoms with E-state index in [2.05, 4.69) is 11.3 Å². The van der Waals surface area contributed by atoms with Gasteiger partial charge >= 0.3 is 35.5 Å². The molecule has 0 aliphatic heterocycles. The number of hydrogen-bond acceptors (Lipinski definition) is 4. The fraction of sp³-hybridized carbons (Fsp3) is 0.500. The van der Waals surface area contributed by atoms with E-state index in [1.807, 2.05) is 0 Å². The fourth-order valence-corrected chi connectivity index (χ4v) is 0.290. The molecule has 0 amide bonds. The van der Waals surface area contributed by atoms with Crippen LogP contribution in [0.3, 0.4) is 0 Å². The summed E-state index contributed by atoms with van der Waals surface area (Å²) in [6.45, 7) is 2.54.